The van der Waals surface area contributed by atoms with E-state index >= 15 is 0 Å². The number of rotatable bonds is 3. The number of aryl methyl sites for hydroxylation is 3. The van der Waals surface area contributed by atoms with Crippen LogP contribution in [0.1, 0.15) is 35.1 Å². The first-order chi connectivity index (χ1) is 11.0. The zero-order valence-electron chi connectivity index (χ0n) is 13.9. The second-order valence-electron chi connectivity index (χ2n) is 6.19. The lowest BCUT2D eigenvalue weighted by molar-refractivity contribution is 0.207. The Morgan fingerprint density at radius 3 is 2.91 bits per heavy atom. The smallest absolute Gasteiger partial charge is 0.317 e. The fourth-order valence-corrected chi connectivity index (χ4v) is 2.99. The molecule has 1 unspecified atom stereocenters. The molecular formula is C17H23N5O. The molecule has 1 fully saturated rings. The van der Waals surface area contributed by atoms with Gasteiger partial charge in [0.25, 0.3) is 0 Å². The van der Waals surface area contributed by atoms with Gasteiger partial charge in [0.1, 0.15) is 5.82 Å². The van der Waals surface area contributed by atoms with Gasteiger partial charge >= 0.3 is 6.03 Å². The summed E-state index contributed by atoms with van der Waals surface area (Å²) in [5.74, 6) is 1.37. The maximum atomic E-state index is 12.3. The van der Waals surface area contributed by atoms with E-state index in [1.54, 1.807) is 0 Å². The Morgan fingerprint density at radius 1 is 1.39 bits per heavy atom. The lowest BCUT2D eigenvalue weighted by Gasteiger charge is -2.17. The molecule has 122 valence electrons. The largest absolute Gasteiger partial charge is 0.338 e. The summed E-state index contributed by atoms with van der Waals surface area (Å²) in [5.41, 5.74) is 3.06. The maximum absolute atomic E-state index is 12.3. The summed E-state index contributed by atoms with van der Waals surface area (Å²) in [6.07, 6.45) is 4.72. The van der Waals surface area contributed by atoms with Crippen molar-refractivity contribution in [1.29, 1.82) is 0 Å². The van der Waals surface area contributed by atoms with E-state index in [2.05, 4.69) is 15.3 Å². The lowest BCUT2D eigenvalue weighted by atomic mass is 10.1. The minimum atomic E-state index is -0.0262. The Labute approximate surface area is 136 Å². The van der Waals surface area contributed by atoms with Crippen molar-refractivity contribution < 1.29 is 4.79 Å². The van der Waals surface area contributed by atoms with Crippen LogP contribution in [0.5, 0.6) is 0 Å². The zero-order chi connectivity index (χ0) is 16.4. The molecule has 6 nitrogen and oxygen atoms in total. The first-order valence-electron chi connectivity index (χ1n) is 7.97. The summed E-state index contributed by atoms with van der Waals surface area (Å²) in [5, 5.41) is 2.97. The van der Waals surface area contributed by atoms with Crippen LogP contribution >= 0.6 is 0 Å². The molecule has 2 aromatic heterocycles. The van der Waals surface area contributed by atoms with Crippen molar-refractivity contribution in [2.24, 2.45) is 7.05 Å². The number of imidazole rings is 1. The molecule has 0 aliphatic carbocycles. The van der Waals surface area contributed by atoms with Crippen molar-refractivity contribution in [3.8, 4) is 0 Å². The number of hydrogen-bond acceptors (Lipinski definition) is 3. The van der Waals surface area contributed by atoms with Crippen molar-refractivity contribution in [3.63, 3.8) is 0 Å². The highest BCUT2D eigenvalue weighted by Crippen LogP contribution is 2.25. The van der Waals surface area contributed by atoms with Gasteiger partial charge in [-0.1, -0.05) is 6.07 Å². The van der Waals surface area contributed by atoms with Crippen LogP contribution in [-0.2, 0) is 13.6 Å². The molecule has 0 saturated carbocycles. The van der Waals surface area contributed by atoms with Crippen LogP contribution in [0.15, 0.2) is 24.5 Å². The van der Waals surface area contributed by atoms with Gasteiger partial charge < -0.3 is 14.8 Å². The SMILES string of the molecule is Cc1ccc(CNC(=O)N2CCC(c3nccn3C)C2)nc1C. The monoisotopic (exact) mass is 313 g/mol. The molecule has 23 heavy (non-hydrogen) atoms. The quantitative estimate of drug-likeness (QED) is 0.944. The summed E-state index contributed by atoms with van der Waals surface area (Å²) >= 11 is 0. The standard InChI is InChI=1S/C17H23N5O/c1-12-4-5-15(20-13(12)2)10-19-17(23)22-8-6-14(11-22)16-18-7-9-21(16)3/h4-5,7,9,14H,6,8,10-11H2,1-3H3,(H,19,23). The van der Waals surface area contributed by atoms with Crippen LogP contribution in [-0.4, -0.2) is 38.6 Å². The molecule has 3 heterocycles. The minimum absolute atomic E-state index is 0.0262. The van der Waals surface area contributed by atoms with Crippen molar-refractivity contribution >= 4 is 6.03 Å². The summed E-state index contributed by atoms with van der Waals surface area (Å²) < 4.78 is 2.03. The number of nitrogens with zero attached hydrogens (tertiary/aromatic N) is 4. The number of amides is 2. The van der Waals surface area contributed by atoms with Crippen molar-refractivity contribution in [1.82, 2.24) is 24.8 Å². The Bertz CT molecular complexity index is 709. The third kappa shape index (κ3) is 3.36. The molecule has 0 spiro atoms. The number of hydrogen-bond donors (Lipinski definition) is 1. The van der Waals surface area contributed by atoms with Crippen LogP contribution in [0.2, 0.25) is 0 Å². The van der Waals surface area contributed by atoms with Gasteiger partial charge in [0.05, 0.1) is 12.2 Å². The average molecular weight is 313 g/mol. The highest BCUT2D eigenvalue weighted by Gasteiger charge is 2.29. The van der Waals surface area contributed by atoms with Gasteiger partial charge in [-0.05, 0) is 31.9 Å². The molecular weight excluding hydrogens is 290 g/mol. The first-order valence-corrected chi connectivity index (χ1v) is 7.97. The minimum Gasteiger partial charge on any atom is -0.338 e. The molecule has 1 aliphatic rings. The molecule has 2 aromatic rings. The fraction of sp³-hybridized carbons (Fsp3) is 0.471. The highest BCUT2D eigenvalue weighted by molar-refractivity contribution is 5.74. The summed E-state index contributed by atoms with van der Waals surface area (Å²) in [7, 11) is 2.00. The number of aromatic nitrogens is 3. The maximum Gasteiger partial charge on any atom is 0.317 e. The van der Waals surface area contributed by atoms with Crippen molar-refractivity contribution in [2.45, 2.75) is 32.7 Å². The van der Waals surface area contributed by atoms with E-state index in [4.69, 9.17) is 0 Å². The average Bonchev–Trinajstić information content (AvgIpc) is 3.16. The normalized spacial score (nSPS) is 17.5. The molecule has 0 bridgehead atoms. The number of pyridine rings is 1. The Morgan fingerprint density at radius 2 is 2.22 bits per heavy atom. The van der Waals surface area contributed by atoms with E-state index in [1.807, 2.05) is 54.9 Å². The summed E-state index contributed by atoms with van der Waals surface area (Å²) in [6.45, 7) is 5.97. The number of carbonyl (C=O) groups is 1. The first kappa shape index (κ1) is 15.5. The van der Waals surface area contributed by atoms with Crippen LogP contribution in [0, 0.1) is 13.8 Å². The Kier molecular flexibility index (Phi) is 4.32. The molecule has 1 atom stereocenters. The van der Waals surface area contributed by atoms with Gasteiger partial charge in [0.2, 0.25) is 0 Å². The Hall–Kier alpha value is -2.37. The molecule has 1 N–H and O–H groups in total. The Balaban J connectivity index is 1.55. The molecule has 1 aliphatic heterocycles. The van der Waals surface area contributed by atoms with Gasteiger partial charge in [-0.2, -0.15) is 0 Å². The number of nitrogens with one attached hydrogen (secondary N) is 1. The second-order valence-corrected chi connectivity index (χ2v) is 6.19. The van der Waals surface area contributed by atoms with Crippen LogP contribution in [0.3, 0.4) is 0 Å². The van der Waals surface area contributed by atoms with E-state index in [0.29, 0.717) is 12.5 Å². The fourth-order valence-electron chi connectivity index (χ4n) is 2.99. The number of carbonyl (C=O) groups excluding carboxylic acids is 1. The molecule has 0 aromatic carbocycles. The lowest BCUT2D eigenvalue weighted by Crippen LogP contribution is -2.38. The predicted molar refractivity (Wildman–Crippen MR) is 88.1 cm³/mol. The van der Waals surface area contributed by atoms with Crippen molar-refractivity contribution in [3.05, 3.63) is 47.3 Å². The van der Waals surface area contributed by atoms with Crippen LogP contribution in [0.25, 0.3) is 0 Å². The van der Waals surface area contributed by atoms with Crippen LogP contribution < -0.4 is 5.32 Å². The topological polar surface area (TPSA) is 63.1 Å². The van der Waals surface area contributed by atoms with E-state index in [-0.39, 0.29) is 6.03 Å². The van der Waals surface area contributed by atoms with Gasteiger partial charge in [-0.15, -0.1) is 0 Å². The van der Waals surface area contributed by atoms with Crippen LogP contribution in [0.4, 0.5) is 4.79 Å². The number of urea groups is 1. The van der Waals surface area contributed by atoms with E-state index in [1.165, 1.54) is 0 Å². The predicted octanol–water partition coefficient (Wildman–Crippen LogP) is 2.13. The number of likely N-dealkylation sites (tertiary alicyclic amines) is 1. The van der Waals surface area contributed by atoms with Gasteiger partial charge in [-0.3, -0.25) is 4.98 Å². The molecule has 3 rings (SSSR count). The van der Waals surface area contributed by atoms with Gasteiger partial charge in [0, 0.05) is 44.1 Å². The zero-order valence-corrected chi connectivity index (χ0v) is 13.9. The molecule has 0 radical (unpaired) electrons. The third-order valence-electron chi connectivity index (χ3n) is 4.53. The van der Waals surface area contributed by atoms with Gasteiger partial charge in [0.15, 0.2) is 0 Å². The third-order valence-corrected chi connectivity index (χ3v) is 4.53. The van der Waals surface area contributed by atoms with E-state index in [0.717, 1.165) is 42.3 Å². The molecule has 1 saturated heterocycles. The van der Waals surface area contributed by atoms with E-state index < -0.39 is 0 Å². The highest BCUT2D eigenvalue weighted by atomic mass is 16.2. The summed E-state index contributed by atoms with van der Waals surface area (Å²) in [6, 6.07) is 3.97. The second kappa shape index (κ2) is 6.40. The van der Waals surface area contributed by atoms with E-state index in [9.17, 15) is 4.79 Å². The summed E-state index contributed by atoms with van der Waals surface area (Å²) in [4.78, 5) is 23.1. The van der Waals surface area contributed by atoms with Crippen molar-refractivity contribution in [2.75, 3.05) is 13.1 Å². The molecule has 6 heteroatoms. The molecule has 2 amide bonds. The van der Waals surface area contributed by atoms with Gasteiger partial charge in [-0.25, -0.2) is 9.78 Å².